The van der Waals surface area contributed by atoms with Crippen LogP contribution in [0.5, 0.6) is 17.5 Å². The second-order valence-corrected chi connectivity index (χ2v) is 3.35. The van der Waals surface area contributed by atoms with Gasteiger partial charge >= 0.3 is 0 Å². The van der Waals surface area contributed by atoms with Gasteiger partial charge in [0.25, 0.3) is 5.88 Å². The van der Waals surface area contributed by atoms with Gasteiger partial charge in [0.05, 0.1) is 7.11 Å². The predicted octanol–water partition coefficient (Wildman–Crippen LogP) is 1.96. The third-order valence-corrected chi connectivity index (χ3v) is 2.08. The molecule has 16 heavy (non-hydrogen) atoms. The first kappa shape index (κ1) is 10.7. The fourth-order valence-corrected chi connectivity index (χ4v) is 1.33. The summed E-state index contributed by atoms with van der Waals surface area (Å²) in [5.74, 6) is 0.907. The number of nitrogens with zero attached hydrogens (tertiary/aromatic N) is 3. The third-order valence-electron chi connectivity index (χ3n) is 1.82. The van der Waals surface area contributed by atoms with Crippen LogP contribution in [0, 0.1) is 6.92 Å². The van der Waals surface area contributed by atoms with Gasteiger partial charge in [-0.15, -0.1) is 5.10 Å². The molecule has 2 aromatic rings. The zero-order valence-electron chi connectivity index (χ0n) is 8.69. The van der Waals surface area contributed by atoms with E-state index in [0.717, 1.165) is 5.69 Å². The molecule has 0 unspecified atom stereocenters. The lowest BCUT2D eigenvalue weighted by atomic mass is 10.5. The van der Waals surface area contributed by atoms with E-state index in [9.17, 15) is 0 Å². The average Bonchev–Trinajstić information content (AvgIpc) is 2.64. The molecule has 6 nitrogen and oxygen atoms in total. The lowest BCUT2D eigenvalue weighted by molar-refractivity contribution is 0.362. The van der Waals surface area contributed by atoms with Gasteiger partial charge in [-0.1, -0.05) is 11.6 Å². The van der Waals surface area contributed by atoms with Gasteiger partial charge in [-0.05, 0) is 6.92 Å². The molecule has 0 aliphatic carbocycles. The van der Waals surface area contributed by atoms with E-state index in [4.69, 9.17) is 21.1 Å². The summed E-state index contributed by atoms with van der Waals surface area (Å²) >= 11 is 5.82. The second-order valence-electron chi connectivity index (χ2n) is 2.99. The van der Waals surface area contributed by atoms with Gasteiger partial charge in [-0.2, -0.15) is 4.98 Å². The number of H-pyrrole nitrogens is 1. The van der Waals surface area contributed by atoms with Crippen molar-refractivity contribution in [2.45, 2.75) is 6.92 Å². The number of aryl methyl sites for hydroxylation is 1. The van der Waals surface area contributed by atoms with Crippen LogP contribution in [0.2, 0.25) is 5.15 Å². The number of rotatable bonds is 3. The third kappa shape index (κ3) is 2.06. The molecular formula is C9H9ClN4O2. The molecule has 0 fully saturated rings. The van der Waals surface area contributed by atoms with E-state index >= 15 is 0 Å². The Morgan fingerprint density at radius 3 is 2.81 bits per heavy atom. The van der Waals surface area contributed by atoms with Crippen molar-refractivity contribution in [3.8, 4) is 17.5 Å². The van der Waals surface area contributed by atoms with Gasteiger partial charge in [0.15, 0.2) is 5.15 Å². The highest BCUT2D eigenvalue weighted by Gasteiger charge is 2.13. The Hall–Kier alpha value is -1.82. The molecule has 0 aliphatic heterocycles. The summed E-state index contributed by atoms with van der Waals surface area (Å²) in [5.41, 5.74) is 0.883. The highest BCUT2D eigenvalue weighted by atomic mass is 35.5. The van der Waals surface area contributed by atoms with Crippen LogP contribution in [0.3, 0.4) is 0 Å². The Kier molecular flexibility index (Phi) is 2.91. The van der Waals surface area contributed by atoms with Gasteiger partial charge in [0.1, 0.15) is 6.33 Å². The fourth-order valence-electron chi connectivity index (χ4n) is 1.13. The smallest absolute Gasteiger partial charge is 0.268 e. The monoisotopic (exact) mass is 240 g/mol. The summed E-state index contributed by atoms with van der Waals surface area (Å²) in [6, 6.07) is 1.73. The van der Waals surface area contributed by atoms with E-state index in [2.05, 4.69) is 20.2 Å². The first-order chi connectivity index (χ1) is 7.70. The maximum atomic E-state index is 5.82. The molecule has 0 aromatic carbocycles. The minimum atomic E-state index is 0.194. The summed E-state index contributed by atoms with van der Waals surface area (Å²) < 4.78 is 10.4. The van der Waals surface area contributed by atoms with E-state index in [1.807, 2.05) is 6.92 Å². The van der Waals surface area contributed by atoms with Crippen molar-refractivity contribution >= 4 is 11.6 Å². The van der Waals surface area contributed by atoms with Gasteiger partial charge < -0.3 is 9.47 Å². The van der Waals surface area contributed by atoms with Gasteiger partial charge in [0.2, 0.25) is 11.6 Å². The van der Waals surface area contributed by atoms with Crippen molar-refractivity contribution in [2.24, 2.45) is 0 Å². The Labute approximate surface area is 96.6 Å². The number of ether oxygens (including phenoxy) is 2. The molecule has 0 radical (unpaired) electrons. The van der Waals surface area contributed by atoms with Gasteiger partial charge in [-0.25, -0.2) is 4.98 Å². The topological polar surface area (TPSA) is 72.9 Å². The molecule has 0 aliphatic rings. The minimum absolute atomic E-state index is 0.194. The lowest BCUT2D eigenvalue weighted by Gasteiger charge is -2.06. The van der Waals surface area contributed by atoms with E-state index < -0.39 is 0 Å². The van der Waals surface area contributed by atoms with Crippen LogP contribution in [-0.4, -0.2) is 27.3 Å². The van der Waals surface area contributed by atoms with E-state index in [1.165, 1.54) is 13.4 Å². The van der Waals surface area contributed by atoms with Crippen molar-refractivity contribution in [1.29, 1.82) is 0 Å². The molecule has 84 valence electrons. The maximum absolute atomic E-state index is 5.82. The summed E-state index contributed by atoms with van der Waals surface area (Å²) in [7, 11) is 1.47. The SMILES string of the molecule is COc1c(Cl)ncnc1Oc1cc(C)[nH]n1. The molecule has 2 rings (SSSR count). The first-order valence-electron chi connectivity index (χ1n) is 4.45. The van der Waals surface area contributed by atoms with E-state index in [1.54, 1.807) is 6.07 Å². The predicted molar refractivity (Wildman–Crippen MR) is 57.0 cm³/mol. The molecule has 0 amide bonds. The number of hydrogen-bond donors (Lipinski definition) is 1. The van der Waals surface area contributed by atoms with Crippen molar-refractivity contribution in [3.05, 3.63) is 23.2 Å². The van der Waals surface area contributed by atoms with E-state index in [0.29, 0.717) is 5.88 Å². The normalized spacial score (nSPS) is 10.2. The number of aromatic amines is 1. The Bertz CT molecular complexity index is 500. The van der Waals surface area contributed by atoms with Crippen LogP contribution in [0.15, 0.2) is 12.4 Å². The molecule has 0 saturated carbocycles. The summed E-state index contributed by atoms with van der Waals surface area (Å²) in [6.07, 6.45) is 1.29. The zero-order chi connectivity index (χ0) is 11.5. The number of nitrogens with one attached hydrogen (secondary N) is 1. The largest absolute Gasteiger partial charge is 0.489 e. The molecule has 0 bridgehead atoms. The first-order valence-corrected chi connectivity index (χ1v) is 4.83. The zero-order valence-corrected chi connectivity index (χ0v) is 9.45. The van der Waals surface area contributed by atoms with Crippen molar-refractivity contribution in [1.82, 2.24) is 20.2 Å². The molecule has 0 spiro atoms. The highest BCUT2D eigenvalue weighted by Crippen LogP contribution is 2.32. The number of methoxy groups -OCH3 is 1. The van der Waals surface area contributed by atoms with Crippen LogP contribution >= 0.6 is 11.6 Å². The Morgan fingerprint density at radius 1 is 1.38 bits per heavy atom. The second kappa shape index (κ2) is 4.36. The molecule has 2 heterocycles. The molecule has 2 aromatic heterocycles. The molecule has 0 saturated heterocycles. The van der Waals surface area contributed by atoms with Crippen molar-refractivity contribution < 1.29 is 9.47 Å². The summed E-state index contributed by atoms with van der Waals surface area (Å²) in [6.45, 7) is 1.87. The number of hydrogen-bond acceptors (Lipinski definition) is 5. The Morgan fingerprint density at radius 2 is 2.19 bits per heavy atom. The quantitative estimate of drug-likeness (QED) is 0.831. The van der Waals surface area contributed by atoms with Gasteiger partial charge in [-0.3, -0.25) is 5.10 Å². The molecular weight excluding hydrogens is 232 g/mol. The van der Waals surface area contributed by atoms with Crippen LogP contribution in [0.25, 0.3) is 0 Å². The number of aromatic nitrogens is 4. The van der Waals surface area contributed by atoms with Crippen LogP contribution < -0.4 is 9.47 Å². The molecule has 7 heteroatoms. The summed E-state index contributed by atoms with van der Waals surface area (Å²) in [5, 5.41) is 6.85. The molecule has 0 atom stereocenters. The minimum Gasteiger partial charge on any atom is -0.489 e. The van der Waals surface area contributed by atoms with Crippen molar-refractivity contribution in [2.75, 3.05) is 7.11 Å². The highest BCUT2D eigenvalue weighted by molar-refractivity contribution is 6.31. The number of halogens is 1. The van der Waals surface area contributed by atoms with Crippen LogP contribution in [-0.2, 0) is 0 Å². The Balaban J connectivity index is 2.30. The standard InChI is InChI=1S/C9H9ClN4O2/c1-5-3-6(14-13-5)16-9-7(15-2)8(10)11-4-12-9/h3-4H,1-2H3,(H,13,14). The van der Waals surface area contributed by atoms with E-state index in [-0.39, 0.29) is 16.8 Å². The summed E-state index contributed by atoms with van der Waals surface area (Å²) in [4.78, 5) is 7.70. The van der Waals surface area contributed by atoms with Crippen LogP contribution in [0.1, 0.15) is 5.69 Å². The lowest BCUT2D eigenvalue weighted by Crippen LogP contribution is -1.95. The fraction of sp³-hybridized carbons (Fsp3) is 0.222. The average molecular weight is 241 g/mol. The molecule has 1 N–H and O–H groups in total. The van der Waals surface area contributed by atoms with Crippen LogP contribution in [0.4, 0.5) is 0 Å². The maximum Gasteiger partial charge on any atom is 0.268 e. The van der Waals surface area contributed by atoms with Crippen molar-refractivity contribution in [3.63, 3.8) is 0 Å². The van der Waals surface area contributed by atoms with Gasteiger partial charge in [0, 0.05) is 11.8 Å².